The van der Waals surface area contributed by atoms with E-state index in [9.17, 15) is 4.79 Å². The van der Waals surface area contributed by atoms with Gasteiger partial charge >= 0.3 is 11.8 Å². The topological polar surface area (TPSA) is 70.1 Å². The summed E-state index contributed by atoms with van der Waals surface area (Å²) in [5, 5.41) is 8.55. The molecule has 0 aliphatic heterocycles. The van der Waals surface area contributed by atoms with E-state index in [1.807, 2.05) is 4.98 Å². The number of rotatable bonds is 0. The smallest absolute Gasteiger partial charge is 0.444 e. The minimum absolute atomic E-state index is 0.282. The summed E-state index contributed by atoms with van der Waals surface area (Å²) >= 11 is 0. The third-order valence-electron chi connectivity index (χ3n) is 0.732. The molecule has 1 rings (SSSR count). The predicted octanol–water partition coefficient (Wildman–Crippen LogP) is -1.50. The Hall–Kier alpha value is -1.26. The standard InChI is InChI=1S/C3H4N2O3/c1-5-2(6)4-3(7)8-5/h1H3,(H,4,6,7)/p+1. The average molecular weight is 117 g/mol. The first-order valence-corrected chi connectivity index (χ1v) is 1.99. The van der Waals surface area contributed by atoms with Crippen molar-refractivity contribution in [3.05, 3.63) is 10.6 Å². The van der Waals surface area contributed by atoms with Gasteiger partial charge in [-0.05, 0) is 4.74 Å². The van der Waals surface area contributed by atoms with Gasteiger partial charge in [0.2, 0.25) is 0 Å². The molecular formula is C3H5N2O3+. The van der Waals surface area contributed by atoms with Crippen LogP contribution in [0.2, 0.25) is 0 Å². The van der Waals surface area contributed by atoms with E-state index in [1.165, 1.54) is 7.05 Å². The maximum atomic E-state index is 10.1. The summed E-state index contributed by atoms with van der Waals surface area (Å²) in [5.74, 6) is -0.662. The molecule has 1 heterocycles. The van der Waals surface area contributed by atoms with Crippen molar-refractivity contribution >= 4 is 0 Å². The highest BCUT2D eigenvalue weighted by Crippen LogP contribution is 1.81. The lowest BCUT2D eigenvalue weighted by Gasteiger charge is -1.71. The molecule has 1 aromatic rings. The van der Waals surface area contributed by atoms with Gasteiger partial charge in [0.15, 0.2) is 0 Å². The Balaban J connectivity index is 3.35. The van der Waals surface area contributed by atoms with Crippen molar-refractivity contribution in [3.63, 3.8) is 0 Å². The van der Waals surface area contributed by atoms with Gasteiger partial charge in [-0.25, -0.2) is 4.52 Å². The molecule has 0 bridgehead atoms. The van der Waals surface area contributed by atoms with Crippen LogP contribution in [0.1, 0.15) is 0 Å². The summed E-state index contributed by atoms with van der Waals surface area (Å²) in [6.45, 7) is 0. The third-order valence-corrected chi connectivity index (χ3v) is 0.732. The second-order valence-corrected chi connectivity index (χ2v) is 1.32. The molecule has 0 atom stereocenters. The highest BCUT2D eigenvalue weighted by molar-refractivity contribution is 4.68. The highest BCUT2D eigenvalue weighted by atomic mass is 16.5. The van der Waals surface area contributed by atoms with E-state index in [2.05, 4.69) is 4.52 Å². The van der Waals surface area contributed by atoms with E-state index in [-0.39, 0.29) is 6.01 Å². The third kappa shape index (κ3) is 0.575. The second-order valence-electron chi connectivity index (χ2n) is 1.32. The summed E-state index contributed by atoms with van der Waals surface area (Å²) in [7, 11) is 1.41. The average Bonchev–Trinajstić information content (AvgIpc) is 1.85. The number of aryl methyl sites for hydroxylation is 1. The Labute approximate surface area is 44.1 Å². The number of nitrogens with zero attached hydrogens (tertiary/aromatic N) is 1. The van der Waals surface area contributed by atoms with Crippen molar-refractivity contribution in [1.29, 1.82) is 0 Å². The second kappa shape index (κ2) is 1.36. The maximum Gasteiger partial charge on any atom is 0.550 e. The highest BCUT2D eigenvalue weighted by Gasteiger charge is 2.08. The van der Waals surface area contributed by atoms with Crippen LogP contribution >= 0.6 is 0 Å². The lowest BCUT2D eigenvalue weighted by atomic mass is 11.1. The fourth-order valence-electron chi connectivity index (χ4n) is 0.360. The van der Waals surface area contributed by atoms with Crippen LogP contribution in [-0.4, -0.2) is 10.1 Å². The Morgan fingerprint density at radius 2 is 2.50 bits per heavy atom. The van der Waals surface area contributed by atoms with Gasteiger partial charge in [-0.1, -0.05) is 0 Å². The quantitative estimate of drug-likeness (QED) is 0.406. The van der Waals surface area contributed by atoms with Gasteiger partial charge in [0.05, 0.1) is 0 Å². The van der Waals surface area contributed by atoms with Crippen LogP contribution in [0.15, 0.2) is 9.32 Å². The molecule has 0 radical (unpaired) electrons. The van der Waals surface area contributed by atoms with Gasteiger partial charge in [0.25, 0.3) is 0 Å². The lowest BCUT2D eigenvalue weighted by Crippen LogP contribution is -2.25. The molecule has 8 heavy (non-hydrogen) atoms. The van der Waals surface area contributed by atoms with Gasteiger partial charge in [0.1, 0.15) is 7.05 Å². The van der Waals surface area contributed by atoms with E-state index < -0.39 is 5.76 Å². The molecule has 0 fully saturated rings. The first-order valence-electron chi connectivity index (χ1n) is 1.99. The summed E-state index contributed by atoms with van der Waals surface area (Å²) in [5.41, 5.74) is 0. The molecule has 5 heteroatoms. The fourth-order valence-corrected chi connectivity index (χ4v) is 0.360. The maximum absolute atomic E-state index is 10.1. The number of aromatic hydroxyl groups is 1. The SMILES string of the molecule is C[n+]1oc(=O)[nH]c1O. The minimum Gasteiger partial charge on any atom is -0.444 e. The first kappa shape index (κ1) is 4.89. The minimum atomic E-state index is -0.662. The molecule has 0 saturated heterocycles. The van der Waals surface area contributed by atoms with Crippen LogP contribution in [0.4, 0.5) is 0 Å². The molecule has 0 saturated carbocycles. The van der Waals surface area contributed by atoms with E-state index in [0.717, 1.165) is 4.74 Å². The van der Waals surface area contributed by atoms with Crippen molar-refractivity contribution in [2.24, 2.45) is 7.05 Å². The number of hydrogen-bond acceptors (Lipinski definition) is 3. The molecule has 0 unspecified atom stereocenters. The molecule has 0 aliphatic carbocycles. The predicted molar refractivity (Wildman–Crippen MR) is 22.2 cm³/mol. The largest absolute Gasteiger partial charge is 0.550 e. The summed E-state index contributed by atoms with van der Waals surface area (Å²) in [4.78, 5) is 12.1. The zero-order chi connectivity index (χ0) is 6.15. The van der Waals surface area contributed by atoms with Crippen molar-refractivity contribution in [2.45, 2.75) is 0 Å². The summed E-state index contributed by atoms with van der Waals surface area (Å²) in [6, 6.07) is -0.282. The monoisotopic (exact) mass is 117 g/mol. The summed E-state index contributed by atoms with van der Waals surface area (Å²) in [6.07, 6.45) is 0. The van der Waals surface area contributed by atoms with Crippen LogP contribution in [0, 0.1) is 0 Å². The van der Waals surface area contributed by atoms with Crippen molar-refractivity contribution in [3.8, 4) is 6.01 Å². The Kier molecular flexibility index (Phi) is 0.831. The summed E-state index contributed by atoms with van der Waals surface area (Å²) < 4.78 is 5.20. The van der Waals surface area contributed by atoms with Gasteiger partial charge in [-0.3, -0.25) is 0 Å². The molecule has 0 aromatic carbocycles. The Morgan fingerprint density at radius 3 is 2.62 bits per heavy atom. The molecule has 0 spiro atoms. The van der Waals surface area contributed by atoms with Gasteiger partial charge < -0.3 is 5.11 Å². The zero-order valence-corrected chi connectivity index (χ0v) is 4.21. The van der Waals surface area contributed by atoms with Crippen LogP contribution in [0.3, 0.4) is 0 Å². The first-order chi connectivity index (χ1) is 3.70. The van der Waals surface area contributed by atoms with Crippen LogP contribution in [0.25, 0.3) is 0 Å². The van der Waals surface area contributed by atoms with E-state index in [4.69, 9.17) is 5.11 Å². The van der Waals surface area contributed by atoms with Crippen LogP contribution in [-0.2, 0) is 7.05 Å². The lowest BCUT2D eigenvalue weighted by molar-refractivity contribution is -0.850. The molecule has 0 amide bonds. The number of hydrogen-bond donors (Lipinski definition) is 2. The van der Waals surface area contributed by atoms with Gasteiger partial charge in [-0.2, -0.15) is 4.79 Å². The molecule has 0 aliphatic rings. The van der Waals surface area contributed by atoms with E-state index in [1.54, 1.807) is 0 Å². The fraction of sp³-hybridized carbons (Fsp3) is 0.333. The Bertz CT molecular complexity index is 212. The normalized spacial score (nSPS) is 9.62. The zero-order valence-electron chi connectivity index (χ0n) is 4.21. The van der Waals surface area contributed by atoms with Crippen molar-refractivity contribution in [1.82, 2.24) is 4.98 Å². The van der Waals surface area contributed by atoms with Gasteiger partial charge in [0, 0.05) is 0 Å². The van der Waals surface area contributed by atoms with Crippen LogP contribution < -0.4 is 10.5 Å². The molecular weight excluding hydrogens is 112 g/mol. The number of H-pyrrole nitrogens is 1. The molecule has 1 aromatic heterocycles. The van der Waals surface area contributed by atoms with Crippen molar-refractivity contribution in [2.75, 3.05) is 0 Å². The van der Waals surface area contributed by atoms with E-state index >= 15 is 0 Å². The van der Waals surface area contributed by atoms with E-state index in [0.29, 0.717) is 0 Å². The van der Waals surface area contributed by atoms with Crippen LogP contribution in [0.5, 0.6) is 6.01 Å². The number of aromatic nitrogens is 2. The Morgan fingerprint density at radius 1 is 1.88 bits per heavy atom. The number of nitrogens with one attached hydrogen (secondary N) is 1. The molecule has 44 valence electrons. The molecule has 2 N–H and O–H groups in total. The number of aromatic amines is 1. The van der Waals surface area contributed by atoms with Crippen molar-refractivity contribution < 1.29 is 14.4 Å². The van der Waals surface area contributed by atoms with Gasteiger partial charge in [-0.15, -0.1) is 4.98 Å². The molecule has 5 nitrogen and oxygen atoms in total.